The van der Waals surface area contributed by atoms with Gasteiger partial charge in [0.15, 0.2) is 5.82 Å². The summed E-state index contributed by atoms with van der Waals surface area (Å²) in [6.45, 7) is 4.01. The predicted molar refractivity (Wildman–Crippen MR) is 92.5 cm³/mol. The maximum Gasteiger partial charge on any atom is 0.312 e. The van der Waals surface area contributed by atoms with E-state index in [-0.39, 0.29) is 18.1 Å². The van der Waals surface area contributed by atoms with Crippen molar-refractivity contribution < 1.29 is 14.6 Å². The number of aromatic hydroxyl groups is 1. The van der Waals surface area contributed by atoms with E-state index in [4.69, 9.17) is 4.74 Å². The molecular weight excluding hydrogens is 320 g/mol. The molecule has 1 N–H and O–H groups in total. The molecule has 0 aliphatic carbocycles. The molecule has 0 bridgehead atoms. The van der Waals surface area contributed by atoms with Crippen molar-refractivity contribution in [2.24, 2.45) is 10.2 Å². The second kappa shape index (κ2) is 7.12. The van der Waals surface area contributed by atoms with Crippen LogP contribution >= 0.6 is 0 Å². The number of esters is 1. The van der Waals surface area contributed by atoms with Crippen LogP contribution in [0.3, 0.4) is 0 Å². The molecule has 2 aromatic heterocycles. The molecule has 0 amide bonds. The van der Waals surface area contributed by atoms with Crippen molar-refractivity contribution in [2.45, 2.75) is 20.3 Å². The normalized spacial score (nSPS) is 11.3. The van der Waals surface area contributed by atoms with Gasteiger partial charge >= 0.3 is 5.97 Å². The Morgan fingerprint density at radius 1 is 1.28 bits per heavy atom. The number of imidazole rings is 1. The topological polar surface area (TPSA) is 88.5 Å². The number of carbonyl (C=O) groups is 1. The standard InChI is InChI=1S/C18H18N4O3/c1-3-25-16(24)11-15-18(21-20-13-7-4-8-14(23)10-13)22-9-5-6-12(2)17(22)19-15/h4-10,23H,3,11H2,1-2H3. The Kier molecular flexibility index (Phi) is 4.74. The lowest BCUT2D eigenvalue weighted by atomic mass is 10.3. The lowest BCUT2D eigenvalue weighted by Gasteiger charge is -2.01. The number of hydrogen-bond donors (Lipinski definition) is 1. The van der Waals surface area contributed by atoms with Gasteiger partial charge in [0.05, 0.1) is 24.4 Å². The smallest absolute Gasteiger partial charge is 0.312 e. The lowest BCUT2D eigenvalue weighted by Crippen LogP contribution is -2.07. The largest absolute Gasteiger partial charge is 0.508 e. The SMILES string of the molecule is CCOC(=O)Cc1nc2c(C)cccn2c1N=Nc1cccc(O)c1. The van der Waals surface area contributed by atoms with Gasteiger partial charge in [-0.05, 0) is 37.6 Å². The van der Waals surface area contributed by atoms with Crippen LogP contribution in [0.5, 0.6) is 5.75 Å². The highest BCUT2D eigenvalue weighted by molar-refractivity contribution is 5.74. The van der Waals surface area contributed by atoms with Crippen molar-refractivity contribution in [2.75, 3.05) is 6.61 Å². The summed E-state index contributed by atoms with van der Waals surface area (Å²) in [5.74, 6) is 0.213. The average molecular weight is 338 g/mol. The Labute approximate surface area is 144 Å². The molecule has 0 unspecified atom stereocenters. The van der Waals surface area contributed by atoms with Crippen LogP contribution in [-0.2, 0) is 16.0 Å². The number of hydrogen-bond acceptors (Lipinski definition) is 6. The number of benzene rings is 1. The van der Waals surface area contributed by atoms with E-state index >= 15 is 0 Å². The van der Waals surface area contributed by atoms with Gasteiger partial charge in [0, 0.05) is 12.3 Å². The van der Waals surface area contributed by atoms with Crippen LogP contribution in [0.25, 0.3) is 5.65 Å². The number of rotatable bonds is 5. The molecule has 25 heavy (non-hydrogen) atoms. The van der Waals surface area contributed by atoms with Gasteiger partial charge in [-0.15, -0.1) is 10.2 Å². The van der Waals surface area contributed by atoms with Crippen LogP contribution in [0, 0.1) is 6.92 Å². The number of pyridine rings is 1. The molecule has 128 valence electrons. The summed E-state index contributed by atoms with van der Waals surface area (Å²) in [4.78, 5) is 16.4. The van der Waals surface area contributed by atoms with E-state index in [9.17, 15) is 9.90 Å². The summed E-state index contributed by atoms with van der Waals surface area (Å²) < 4.78 is 6.80. The number of ether oxygens (including phenoxy) is 1. The molecule has 0 aliphatic rings. The summed E-state index contributed by atoms with van der Waals surface area (Å²) in [6.07, 6.45) is 1.84. The van der Waals surface area contributed by atoms with Crippen LogP contribution in [0.1, 0.15) is 18.2 Å². The molecular formula is C18H18N4O3. The molecule has 1 aromatic carbocycles. The average Bonchev–Trinajstić information content (AvgIpc) is 2.92. The zero-order valence-electron chi connectivity index (χ0n) is 14.0. The van der Waals surface area contributed by atoms with E-state index in [0.29, 0.717) is 29.5 Å². The molecule has 0 fully saturated rings. The Hall–Kier alpha value is -3.22. The number of fused-ring (bicyclic) bond motifs is 1. The van der Waals surface area contributed by atoms with E-state index in [0.717, 1.165) is 5.56 Å². The number of phenolic OH excluding ortho intramolecular Hbond substituents is 1. The fourth-order valence-electron chi connectivity index (χ4n) is 2.47. The number of aromatic nitrogens is 2. The second-order valence-electron chi connectivity index (χ2n) is 5.47. The van der Waals surface area contributed by atoms with E-state index in [2.05, 4.69) is 15.2 Å². The minimum Gasteiger partial charge on any atom is -0.508 e. The Morgan fingerprint density at radius 2 is 2.12 bits per heavy atom. The minimum absolute atomic E-state index is 0.0172. The highest BCUT2D eigenvalue weighted by Crippen LogP contribution is 2.27. The second-order valence-corrected chi connectivity index (χ2v) is 5.47. The molecule has 7 nitrogen and oxygen atoms in total. The van der Waals surface area contributed by atoms with Crippen molar-refractivity contribution in [1.29, 1.82) is 0 Å². The van der Waals surface area contributed by atoms with Gasteiger partial charge in [0.2, 0.25) is 0 Å². The van der Waals surface area contributed by atoms with E-state index in [1.165, 1.54) is 6.07 Å². The van der Waals surface area contributed by atoms with Gasteiger partial charge in [-0.1, -0.05) is 12.1 Å². The summed E-state index contributed by atoms with van der Waals surface area (Å²) in [5.41, 5.74) is 2.68. The van der Waals surface area contributed by atoms with Gasteiger partial charge in [0.1, 0.15) is 11.4 Å². The summed E-state index contributed by atoms with van der Waals surface area (Å²) >= 11 is 0. The van der Waals surface area contributed by atoms with Crippen LogP contribution in [-0.4, -0.2) is 27.1 Å². The molecule has 0 saturated heterocycles. The van der Waals surface area contributed by atoms with Gasteiger partial charge < -0.3 is 9.84 Å². The molecule has 3 aromatic rings. The van der Waals surface area contributed by atoms with Crippen LogP contribution in [0.15, 0.2) is 52.8 Å². The summed E-state index contributed by atoms with van der Waals surface area (Å²) in [7, 11) is 0. The van der Waals surface area contributed by atoms with Crippen molar-refractivity contribution in [3.63, 3.8) is 0 Å². The van der Waals surface area contributed by atoms with Crippen LogP contribution in [0.4, 0.5) is 11.5 Å². The minimum atomic E-state index is -0.364. The Morgan fingerprint density at radius 3 is 2.88 bits per heavy atom. The molecule has 0 spiro atoms. The van der Waals surface area contributed by atoms with E-state index in [1.54, 1.807) is 29.5 Å². The number of azo groups is 1. The number of carbonyl (C=O) groups excluding carboxylic acids is 1. The monoisotopic (exact) mass is 338 g/mol. The molecule has 0 radical (unpaired) electrons. The third kappa shape index (κ3) is 3.65. The van der Waals surface area contributed by atoms with Gasteiger partial charge in [-0.25, -0.2) is 4.98 Å². The highest BCUT2D eigenvalue weighted by atomic mass is 16.5. The number of aryl methyl sites for hydroxylation is 1. The first-order chi connectivity index (χ1) is 12.1. The van der Waals surface area contributed by atoms with Crippen molar-refractivity contribution in [3.8, 4) is 5.75 Å². The molecule has 0 aliphatic heterocycles. The Bertz CT molecular complexity index is 947. The molecule has 2 heterocycles. The first-order valence-electron chi connectivity index (χ1n) is 7.91. The van der Waals surface area contributed by atoms with Crippen molar-refractivity contribution >= 4 is 23.1 Å². The first-order valence-corrected chi connectivity index (χ1v) is 7.91. The summed E-state index contributed by atoms with van der Waals surface area (Å²) in [5, 5.41) is 18.0. The number of phenols is 1. The maximum atomic E-state index is 11.9. The molecule has 7 heteroatoms. The van der Waals surface area contributed by atoms with Crippen molar-refractivity contribution in [3.05, 3.63) is 53.9 Å². The molecule has 0 saturated carbocycles. The molecule has 3 rings (SSSR count). The quantitative estimate of drug-likeness (QED) is 0.565. The maximum absolute atomic E-state index is 11.9. The van der Waals surface area contributed by atoms with Gasteiger partial charge in [0.25, 0.3) is 0 Å². The third-order valence-electron chi connectivity index (χ3n) is 3.60. The van der Waals surface area contributed by atoms with Crippen LogP contribution < -0.4 is 0 Å². The molecule has 0 atom stereocenters. The first kappa shape index (κ1) is 16.6. The third-order valence-corrected chi connectivity index (χ3v) is 3.60. The van der Waals surface area contributed by atoms with Crippen molar-refractivity contribution in [1.82, 2.24) is 9.38 Å². The predicted octanol–water partition coefficient (Wildman–Crippen LogP) is 3.87. The fourth-order valence-corrected chi connectivity index (χ4v) is 2.47. The van der Waals surface area contributed by atoms with Gasteiger partial charge in [-0.2, -0.15) is 0 Å². The van der Waals surface area contributed by atoms with Crippen LogP contribution in [0.2, 0.25) is 0 Å². The zero-order valence-corrected chi connectivity index (χ0v) is 14.0. The lowest BCUT2D eigenvalue weighted by molar-refractivity contribution is -0.142. The summed E-state index contributed by atoms with van der Waals surface area (Å²) in [6, 6.07) is 10.3. The van der Waals surface area contributed by atoms with E-state index < -0.39 is 0 Å². The zero-order chi connectivity index (χ0) is 17.8. The number of nitrogens with zero attached hydrogens (tertiary/aromatic N) is 4. The van der Waals surface area contributed by atoms with E-state index in [1.807, 2.05) is 25.3 Å². The fraction of sp³-hybridized carbons (Fsp3) is 0.222. The Balaban J connectivity index is 2.04. The van der Waals surface area contributed by atoms with Gasteiger partial charge in [-0.3, -0.25) is 9.20 Å². The highest BCUT2D eigenvalue weighted by Gasteiger charge is 2.17.